The van der Waals surface area contributed by atoms with Gasteiger partial charge in [0.1, 0.15) is 18.0 Å². The highest BCUT2D eigenvalue weighted by Gasteiger charge is 2.22. The molecule has 0 radical (unpaired) electrons. The maximum Gasteiger partial charge on any atom is 0.270 e. The van der Waals surface area contributed by atoms with E-state index in [-0.39, 0.29) is 5.69 Å². The molecule has 0 saturated heterocycles. The summed E-state index contributed by atoms with van der Waals surface area (Å²) in [5.74, 6) is -0.451. The van der Waals surface area contributed by atoms with Crippen molar-refractivity contribution in [1.29, 1.82) is 0 Å². The van der Waals surface area contributed by atoms with Gasteiger partial charge in [0.2, 0.25) is 0 Å². The van der Waals surface area contributed by atoms with Crippen LogP contribution in [0.15, 0.2) is 36.9 Å². The quantitative estimate of drug-likeness (QED) is 0.643. The zero-order valence-corrected chi connectivity index (χ0v) is 9.98. The van der Waals surface area contributed by atoms with Crippen molar-refractivity contribution < 1.29 is 9.59 Å². The molecule has 0 spiro atoms. The average molecular weight is 259 g/mol. The van der Waals surface area contributed by atoms with Gasteiger partial charge in [-0.2, -0.15) is 0 Å². The third-order valence-electron chi connectivity index (χ3n) is 2.61. The first-order valence-corrected chi connectivity index (χ1v) is 5.63. The Labute approximate surface area is 109 Å². The molecule has 2 aromatic heterocycles. The van der Waals surface area contributed by atoms with Gasteiger partial charge in [0, 0.05) is 12.4 Å². The third kappa shape index (κ3) is 3.02. The maximum absolute atomic E-state index is 11.9. The fourth-order valence-corrected chi connectivity index (χ4v) is 1.57. The number of H-pyrrole nitrogens is 1. The molecule has 1 amide bonds. The van der Waals surface area contributed by atoms with Crippen molar-refractivity contribution in [1.82, 2.24) is 20.3 Å². The molecular weight excluding hydrogens is 246 g/mol. The number of carbonyl (C=O) groups is 2. The van der Waals surface area contributed by atoms with Crippen molar-refractivity contribution in [2.45, 2.75) is 12.1 Å². The maximum atomic E-state index is 11.9. The van der Waals surface area contributed by atoms with Crippen LogP contribution in [-0.2, 0) is 4.79 Å². The van der Waals surface area contributed by atoms with Crippen LogP contribution in [0.2, 0.25) is 0 Å². The molecule has 2 atom stereocenters. The number of hydrogen-bond donors (Lipinski definition) is 3. The number of amides is 1. The van der Waals surface area contributed by atoms with Crippen LogP contribution in [0.3, 0.4) is 0 Å². The highest BCUT2D eigenvalue weighted by atomic mass is 16.2. The monoisotopic (exact) mass is 259 g/mol. The minimum absolute atomic E-state index is 0.228. The Morgan fingerprint density at radius 3 is 2.89 bits per heavy atom. The number of hydrogen-bond acceptors (Lipinski definition) is 5. The number of aromatic amines is 1. The van der Waals surface area contributed by atoms with Gasteiger partial charge in [0.15, 0.2) is 0 Å². The van der Waals surface area contributed by atoms with Gasteiger partial charge in [0.05, 0.1) is 18.1 Å². The lowest BCUT2D eigenvalue weighted by Crippen LogP contribution is -2.44. The van der Waals surface area contributed by atoms with Gasteiger partial charge in [-0.3, -0.25) is 9.78 Å². The lowest BCUT2D eigenvalue weighted by atomic mass is 10.1. The van der Waals surface area contributed by atoms with Crippen LogP contribution in [-0.4, -0.2) is 33.2 Å². The van der Waals surface area contributed by atoms with E-state index < -0.39 is 18.0 Å². The predicted molar refractivity (Wildman–Crippen MR) is 67.1 cm³/mol. The first kappa shape index (κ1) is 12.9. The van der Waals surface area contributed by atoms with Crippen molar-refractivity contribution in [2.75, 3.05) is 0 Å². The zero-order valence-electron chi connectivity index (χ0n) is 9.98. The van der Waals surface area contributed by atoms with E-state index in [0.29, 0.717) is 12.0 Å². The number of aromatic nitrogens is 3. The Balaban J connectivity index is 2.07. The van der Waals surface area contributed by atoms with Gasteiger partial charge in [-0.15, -0.1) is 0 Å². The van der Waals surface area contributed by atoms with Gasteiger partial charge in [-0.25, -0.2) is 4.98 Å². The second-order valence-electron chi connectivity index (χ2n) is 3.88. The van der Waals surface area contributed by atoms with E-state index in [1.54, 1.807) is 18.2 Å². The number of rotatable bonds is 5. The Morgan fingerprint density at radius 1 is 1.47 bits per heavy atom. The molecule has 2 rings (SSSR count). The van der Waals surface area contributed by atoms with Gasteiger partial charge in [-0.1, -0.05) is 6.07 Å². The first-order chi connectivity index (χ1) is 9.22. The van der Waals surface area contributed by atoms with E-state index in [1.165, 1.54) is 18.7 Å². The molecule has 0 saturated carbocycles. The van der Waals surface area contributed by atoms with Gasteiger partial charge in [-0.05, 0) is 12.1 Å². The molecule has 0 aliphatic carbocycles. The summed E-state index contributed by atoms with van der Waals surface area (Å²) in [5, 5.41) is 2.53. The minimum Gasteiger partial charge on any atom is -0.347 e. The number of carbonyl (C=O) groups excluding carboxylic acids is 2. The normalized spacial score (nSPS) is 13.5. The molecule has 2 aromatic rings. The Morgan fingerprint density at radius 2 is 2.32 bits per heavy atom. The van der Waals surface area contributed by atoms with Gasteiger partial charge in [0.25, 0.3) is 5.91 Å². The van der Waals surface area contributed by atoms with Crippen LogP contribution in [0.1, 0.15) is 22.2 Å². The van der Waals surface area contributed by atoms with Crippen LogP contribution < -0.4 is 11.1 Å². The second kappa shape index (κ2) is 5.87. The van der Waals surface area contributed by atoms with Gasteiger partial charge >= 0.3 is 0 Å². The molecule has 4 N–H and O–H groups in total. The summed E-state index contributed by atoms with van der Waals surface area (Å²) in [6.07, 6.45) is 5.05. The molecule has 2 heterocycles. The number of imidazole rings is 1. The first-order valence-electron chi connectivity index (χ1n) is 5.63. The largest absolute Gasteiger partial charge is 0.347 e. The molecule has 0 fully saturated rings. The molecule has 0 aromatic carbocycles. The molecule has 7 nitrogen and oxygen atoms in total. The predicted octanol–water partition coefficient (Wildman–Crippen LogP) is -0.198. The number of aldehydes is 1. The van der Waals surface area contributed by atoms with Crippen molar-refractivity contribution >= 4 is 12.2 Å². The van der Waals surface area contributed by atoms with Crippen molar-refractivity contribution in [3.8, 4) is 0 Å². The average Bonchev–Trinajstić information content (AvgIpc) is 2.99. The summed E-state index contributed by atoms with van der Waals surface area (Å²) in [4.78, 5) is 33.5. The zero-order chi connectivity index (χ0) is 13.7. The summed E-state index contributed by atoms with van der Waals surface area (Å²) in [6, 6.07) is 3.40. The van der Waals surface area contributed by atoms with E-state index >= 15 is 0 Å². The lowest BCUT2D eigenvalue weighted by Gasteiger charge is -2.18. The lowest BCUT2D eigenvalue weighted by molar-refractivity contribution is -0.109. The van der Waals surface area contributed by atoms with E-state index in [1.807, 2.05) is 0 Å². The standard InChI is InChI=1S/C12H13N5O2/c13-11(9-5-14-7-16-9)10(6-18)17-12(19)8-3-1-2-4-15-8/h1-7,10-11H,13H2,(H,14,16)(H,17,19)/t10-,11-/m1/s1. The fraction of sp³-hybridized carbons (Fsp3) is 0.167. The van der Waals surface area contributed by atoms with E-state index in [0.717, 1.165) is 0 Å². The van der Waals surface area contributed by atoms with Crippen molar-refractivity contribution in [3.63, 3.8) is 0 Å². The SMILES string of the molecule is N[C@H](c1cnc[nH]1)[C@@H](C=O)NC(=O)c1ccccn1. The van der Waals surface area contributed by atoms with Crippen LogP contribution in [0, 0.1) is 0 Å². The van der Waals surface area contributed by atoms with Crippen molar-refractivity contribution in [2.24, 2.45) is 5.73 Å². The van der Waals surface area contributed by atoms with Crippen LogP contribution in [0.5, 0.6) is 0 Å². The highest BCUT2D eigenvalue weighted by Crippen LogP contribution is 2.09. The summed E-state index contributed by atoms with van der Waals surface area (Å²) in [7, 11) is 0. The Hall–Kier alpha value is -2.54. The molecule has 7 heteroatoms. The number of pyridine rings is 1. The third-order valence-corrected chi connectivity index (χ3v) is 2.61. The summed E-state index contributed by atoms with van der Waals surface area (Å²) in [5.41, 5.74) is 6.68. The second-order valence-corrected chi connectivity index (χ2v) is 3.88. The topological polar surface area (TPSA) is 114 Å². The van der Waals surface area contributed by atoms with Crippen LogP contribution in [0.4, 0.5) is 0 Å². The van der Waals surface area contributed by atoms with E-state index in [4.69, 9.17) is 5.73 Å². The Bertz CT molecular complexity index is 541. The molecule has 19 heavy (non-hydrogen) atoms. The molecule has 0 unspecified atom stereocenters. The summed E-state index contributed by atoms with van der Waals surface area (Å²) in [6.45, 7) is 0. The summed E-state index contributed by atoms with van der Waals surface area (Å²) < 4.78 is 0. The van der Waals surface area contributed by atoms with Crippen LogP contribution in [0.25, 0.3) is 0 Å². The number of nitrogens with two attached hydrogens (primary N) is 1. The fourth-order valence-electron chi connectivity index (χ4n) is 1.57. The van der Waals surface area contributed by atoms with E-state index in [2.05, 4.69) is 20.3 Å². The van der Waals surface area contributed by atoms with Crippen LogP contribution >= 0.6 is 0 Å². The molecule has 0 aliphatic heterocycles. The molecule has 0 aliphatic rings. The molecule has 98 valence electrons. The van der Waals surface area contributed by atoms with Crippen molar-refractivity contribution in [3.05, 3.63) is 48.3 Å². The highest BCUT2D eigenvalue weighted by molar-refractivity contribution is 5.93. The number of nitrogens with one attached hydrogen (secondary N) is 2. The molecular formula is C12H13N5O2. The van der Waals surface area contributed by atoms with E-state index in [9.17, 15) is 9.59 Å². The van der Waals surface area contributed by atoms with Gasteiger partial charge < -0.3 is 20.8 Å². The number of nitrogens with zero attached hydrogens (tertiary/aromatic N) is 2. The minimum atomic E-state index is -0.852. The smallest absolute Gasteiger partial charge is 0.270 e. The Kier molecular flexibility index (Phi) is 3.99. The molecule has 0 bridgehead atoms. The summed E-state index contributed by atoms with van der Waals surface area (Å²) >= 11 is 0.